The number of rotatable bonds is 4. The van der Waals surface area contributed by atoms with Crippen LogP contribution in [-0.2, 0) is 23.8 Å². The first kappa shape index (κ1) is 19.1. The number of hydrogen-bond donors (Lipinski definition) is 1. The van der Waals surface area contributed by atoms with E-state index in [9.17, 15) is 14.7 Å². The van der Waals surface area contributed by atoms with Gasteiger partial charge in [0.1, 0.15) is 18.3 Å². The zero-order valence-electron chi connectivity index (χ0n) is 16.9. The van der Waals surface area contributed by atoms with Gasteiger partial charge in [-0.05, 0) is 43.6 Å². The number of esters is 2. The van der Waals surface area contributed by atoms with Crippen LogP contribution in [0.1, 0.15) is 57.6 Å². The summed E-state index contributed by atoms with van der Waals surface area (Å²) in [5, 5.41) is 11.0. The van der Waals surface area contributed by atoms with Crippen LogP contribution in [0.25, 0.3) is 0 Å². The normalized spacial score (nSPS) is 44.0. The Bertz CT molecular complexity index is 813. The van der Waals surface area contributed by atoms with Crippen LogP contribution in [0.5, 0.6) is 0 Å². The summed E-state index contributed by atoms with van der Waals surface area (Å²) in [5.41, 5.74) is -1.13. The van der Waals surface area contributed by atoms with Crippen molar-refractivity contribution in [3.63, 3.8) is 0 Å². The van der Waals surface area contributed by atoms with Crippen molar-refractivity contribution >= 4 is 11.9 Å². The number of cyclic esters (lactones) is 1. The van der Waals surface area contributed by atoms with Gasteiger partial charge in [-0.25, -0.2) is 0 Å². The summed E-state index contributed by atoms with van der Waals surface area (Å²) in [6, 6.07) is 1.73. The monoisotopic (exact) mass is 404 g/mol. The Morgan fingerprint density at radius 1 is 1.41 bits per heavy atom. The second-order valence-electron chi connectivity index (χ2n) is 9.40. The molecule has 158 valence electrons. The number of aliphatic hydroxyl groups is 1. The molecule has 4 fully saturated rings. The largest absolute Gasteiger partial charge is 0.472 e. The number of aliphatic hydroxyl groups excluding tert-OH is 1. The highest BCUT2D eigenvalue weighted by molar-refractivity contribution is 5.80. The average molecular weight is 404 g/mol. The quantitative estimate of drug-likeness (QED) is 0.608. The smallest absolute Gasteiger partial charge is 0.312 e. The maximum absolute atomic E-state index is 13.3. The molecule has 7 heteroatoms. The van der Waals surface area contributed by atoms with Crippen molar-refractivity contribution in [2.24, 2.45) is 22.7 Å². The van der Waals surface area contributed by atoms with Crippen molar-refractivity contribution in [2.45, 2.75) is 63.8 Å². The lowest BCUT2D eigenvalue weighted by molar-refractivity contribution is -0.267. The molecule has 2 aliphatic heterocycles. The van der Waals surface area contributed by atoms with Crippen LogP contribution in [0.15, 0.2) is 23.0 Å². The molecule has 0 aromatic carbocycles. The third-order valence-corrected chi connectivity index (χ3v) is 8.27. The van der Waals surface area contributed by atoms with Crippen molar-refractivity contribution in [3.05, 3.63) is 24.2 Å². The summed E-state index contributed by atoms with van der Waals surface area (Å²) in [6.07, 6.45) is 5.35. The van der Waals surface area contributed by atoms with Crippen LogP contribution in [-0.4, -0.2) is 42.0 Å². The summed E-state index contributed by atoms with van der Waals surface area (Å²) in [7, 11) is 0. The van der Waals surface area contributed by atoms with Crippen LogP contribution < -0.4 is 0 Å². The van der Waals surface area contributed by atoms with Crippen LogP contribution in [0.4, 0.5) is 0 Å². The van der Waals surface area contributed by atoms with Crippen molar-refractivity contribution in [2.75, 3.05) is 13.2 Å². The SMILES string of the molecule is CC(=O)OC1CC(C)C2(CC(O)c3ccoc3)C(=O)OCC13C2CCCC31CO1. The first-order valence-electron chi connectivity index (χ1n) is 10.5. The molecule has 7 unspecified atom stereocenters. The molecule has 1 aromatic heterocycles. The molecule has 0 amide bonds. The minimum atomic E-state index is -0.842. The number of hydrogen-bond acceptors (Lipinski definition) is 7. The topological polar surface area (TPSA) is 98.5 Å². The highest BCUT2D eigenvalue weighted by Gasteiger charge is 2.79. The standard InChI is InChI=1S/C22H28O7/c1-13-8-18(29-14(2)23)22-12-27-19(25)21(13,9-16(24)15-5-7-26-10-15)17(22)4-3-6-20(22)11-28-20/h5,7,10,13,16-18,24H,3-4,6,8-9,11-12H2,1-2H3. The fourth-order valence-corrected chi connectivity index (χ4v) is 6.89. The van der Waals surface area contributed by atoms with E-state index in [0.29, 0.717) is 18.6 Å². The fraction of sp³-hybridized carbons (Fsp3) is 0.727. The maximum Gasteiger partial charge on any atom is 0.312 e. The maximum atomic E-state index is 13.3. The first-order chi connectivity index (χ1) is 13.9. The Balaban J connectivity index is 1.61. The summed E-state index contributed by atoms with van der Waals surface area (Å²) < 4.78 is 22.9. The number of epoxide rings is 1. The molecule has 0 radical (unpaired) electrons. The average Bonchev–Trinajstić information content (AvgIpc) is 3.23. The molecule has 7 nitrogen and oxygen atoms in total. The van der Waals surface area contributed by atoms with Gasteiger partial charge in [-0.2, -0.15) is 0 Å². The van der Waals surface area contributed by atoms with Gasteiger partial charge >= 0.3 is 11.9 Å². The molecule has 1 aromatic rings. The van der Waals surface area contributed by atoms with Gasteiger partial charge in [0.15, 0.2) is 0 Å². The summed E-state index contributed by atoms with van der Waals surface area (Å²) in [5.74, 6) is -0.734. The van der Waals surface area contributed by atoms with Gasteiger partial charge in [0.05, 0.1) is 36.1 Å². The minimum absolute atomic E-state index is 0.0675. The Kier molecular flexibility index (Phi) is 4.17. The second-order valence-corrected chi connectivity index (χ2v) is 9.40. The van der Waals surface area contributed by atoms with Gasteiger partial charge in [0, 0.05) is 12.5 Å². The van der Waals surface area contributed by atoms with Crippen molar-refractivity contribution < 1.29 is 33.3 Å². The third-order valence-electron chi connectivity index (χ3n) is 8.27. The van der Waals surface area contributed by atoms with E-state index >= 15 is 0 Å². The Labute approximate surface area is 169 Å². The molecular weight excluding hydrogens is 376 g/mol. The van der Waals surface area contributed by atoms with E-state index in [1.54, 1.807) is 6.07 Å². The van der Waals surface area contributed by atoms with Gasteiger partial charge in [-0.1, -0.05) is 13.3 Å². The van der Waals surface area contributed by atoms with Gasteiger partial charge in [-0.3, -0.25) is 9.59 Å². The molecule has 7 atom stereocenters. The first-order valence-corrected chi connectivity index (χ1v) is 10.5. The number of carbonyl (C=O) groups excluding carboxylic acids is 2. The Morgan fingerprint density at radius 2 is 2.21 bits per heavy atom. The fourth-order valence-electron chi connectivity index (χ4n) is 6.89. The molecule has 1 N–H and O–H groups in total. The highest BCUT2D eigenvalue weighted by Crippen LogP contribution is 2.71. The number of furan rings is 1. The molecule has 4 aliphatic rings. The number of ether oxygens (including phenoxy) is 3. The lowest BCUT2D eigenvalue weighted by Gasteiger charge is -2.65. The van der Waals surface area contributed by atoms with Gasteiger partial charge in [0.25, 0.3) is 0 Å². The minimum Gasteiger partial charge on any atom is -0.472 e. The van der Waals surface area contributed by atoms with Crippen LogP contribution >= 0.6 is 0 Å². The molecule has 2 aliphatic carbocycles. The van der Waals surface area contributed by atoms with E-state index in [0.717, 1.165) is 19.3 Å². The predicted octanol–water partition coefficient (Wildman–Crippen LogP) is 2.77. The molecular formula is C22H28O7. The molecule has 3 heterocycles. The van der Waals surface area contributed by atoms with Crippen molar-refractivity contribution in [1.82, 2.24) is 0 Å². The van der Waals surface area contributed by atoms with E-state index in [4.69, 9.17) is 18.6 Å². The van der Waals surface area contributed by atoms with E-state index in [1.807, 2.05) is 6.92 Å². The van der Waals surface area contributed by atoms with Crippen molar-refractivity contribution in [3.8, 4) is 0 Å². The summed E-state index contributed by atoms with van der Waals surface area (Å²) >= 11 is 0. The lowest BCUT2D eigenvalue weighted by Crippen LogP contribution is -2.72. The van der Waals surface area contributed by atoms with Crippen LogP contribution in [0.3, 0.4) is 0 Å². The zero-order chi connectivity index (χ0) is 20.4. The molecule has 2 saturated carbocycles. The molecule has 5 rings (SSSR count). The molecule has 2 saturated heterocycles. The predicted molar refractivity (Wildman–Crippen MR) is 99.5 cm³/mol. The highest BCUT2D eigenvalue weighted by atomic mass is 16.6. The van der Waals surface area contributed by atoms with E-state index in [-0.39, 0.29) is 42.9 Å². The van der Waals surface area contributed by atoms with Gasteiger partial charge in [0.2, 0.25) is 0 Å². The zero-order valence-corrected chi connectivity index (χ0v) is 16.9. The van der Waals surface area contributed by atoms with E-state index in [2.05, 4.69) is 0 Å². The van der Waals surface area contributed by atoms with Crippen LogP contribution in [0, 0.1) is 22.7 Å². The Morgan fingerprint density at radius 3 is 2.86 bits per heavy atom. The molecule has 1 spiro atoms. The van der Waals surface area contributed by atoms with Gasteiger partial charge < -0.3 is 23.7 Å². The summed E-state index contributed by atoms with van der Waals surface area (Å²) in [6.45, 7) is 4.27. The van der Waals surface area contributed by atoms with Gasteiger partial charge in [-0.15, -0.1) is 0 Å². The molecule has 2 bridgehead atoms. The molecule has 29 heavy (non-hydrogen) atoms. The number of carbonyl (C=O) groups is 2. The van der Waals surface area contributed by atoms with E-state index < -0.39 is 22.5 Å². The van der Waals surface area contributed by atoms with E-state index in [1.165, 1.54) is 19.5 Å². The summed E-state index contributed by atoms with van der Waals surface area (Å²) in [4.78, 5) is 25.3. The van der Waals surface area contributed by atoms with Crippen LogP contribution in [0.2, 0.25) is 0 Å². The third kappa shape index (κ3) is 2.43. The lowest BCUT2D eigenvalue weighted by atomic mass is 9.41. The Hall–Kier alpha value is -1.86. The van der Waals surface area contributed by atoms with Crippen molar-refractivity contribution in [1.29, 1.82) is 0 Å². The second kappa shape index (κ2) is 6.32.